The van der Waals surface area contributed by atoms with E-state index >= 15 is 0 Å². The van der Waals surface area contributed by atoms with Gasteiger partial charge in [0.1, 0.15) is 18.1 Å². The number of phenolic OH excluding ortho intramolecular Hbond substituents is 1. The summed E-state index contributed by atoms with van der Waals surface area (Å²) in [6, 6.07) is 12.7. The fourth-order valence-corrected chi connectivity index (χ4v) is 2.86. The van der Waals surface area contributed by atoms with Crippen LogP contribution in [0, 0.1) is 4.77 Å². The van der Waals surface area contributed by atoms with Crippen molar-refractivity contribution in [3.8, 4) is 11.5 Å². The molecule has 0 saturated heterocycles. The molecule has 2 aromatic carbocycles. The highest BCUT2D eigenvalue weighted by Gasteiger charge is 2.13. The molecule has 0 radical (unpaired) electrons. The second-order valence-corrected chi connectivity index (χ2v) is 8.09. The number of phenols is 1. The maximum atomic E-state index is 9.90. The van der Waals surface area contributed by atoms with E-state index in [4.69, 9.17) is 28.6 Å². The van der Waals surface area contributed by atoms with Gasteiger partial charge in [-0.3, -0.25) is 0 Å². The van der Waals surface area contributed by atoms with Crippen LogP contribution in [-0.2, 0) is 12.0 Å². The molecule has 0 aliphatic carbocycles. The van der Waals surface area contributed by atoms with E-state index in [-0.39, 0.29) is 17.8 Å². The minimum Gasteiger partial charge on any atom is -0.507 e. The third kappa shape index (κ3) is 4.79. The molecule has 1 aromatic heterocycles. The fourth-order valence-electron chi connectivity index (χ4n) is 2.48. The third-order valence-electron chi connectivity index (χ3n) is 4.11. The van der Waals surface area contributed by atoms with Gasteiger partial charge in [-0.05, 0) is 53.5 Å². The van der Waals surface area contributed by atoms with Crippen LogP contribution in [0.3, 0.4) is 0 Å². The van der Waals surface area contributed by atoms with Gasteiger partial charge in [-0.1, -0.05) is 44.5 Å². The summed E-state index contributed by atoms with van der Waals surface area (Å²) in [6.07, 6.45) is 1.47. The number of ether oxygens (including phenoxy) is 1. The molecule has 3 rings (SSSR count). The van der Waals surface area contributed by atoms with Crippen molar-refractivity contribution in [1.29, 1.82) is 0 Å². The first-order chi connectivity index (χ1) is 13.2. The Morgan fingerprint density at radius 3 is 2.64 bits per heavy atom. The molecule has 0 aliphatic rings. The van der Waals surface area contributed by atoms with Gasteiger partial charge in [0.15, 0.2) is 5.82 Å². The SMILES string of the molecule is CC(C)(C)c1ccc(OCc2n[nH]c(=S)n2/N=C/c2cc(Cl)ccc2O)cc1. The molecule has 6 nitrogen and oxygen atoms in total. The zero-order chi connectivity index (χ0) is 20.3. The van der Waals surface area contributed by atoms with Crippen LogP contribution in [0.25, 0.3) is 0 Å². The molecule has 8 heteroatoms. The average Bonchev–Trinajstić information content (AvgIpc) is 3.00. The first kappa shape index (κ1) is 20.1. The highest BCUT2D eigenvalue weighted by atomic mass is 35.5. The van der Waals surface area contributed by atoms with Crippen molar-refractivity contribution in [3.05, 3.63) is 69.2 Å². The normalized spacial score (nSPS) is 11.9. The summed E-state index contributed by atoms with van der Waals surface area (Å²) in [7, 11) is 0. The third-order valence-corrected chi connectivity index (χ3v) is 4.61. The predicted molar refractivity (Wildman–Crippen MR) is 113 cm³/mol. The minimum atomic E-state index is 0.0694. The summed E-state index contributed by atoms with van der Waals surface area (Å²) in [5, 5.41) is 21.5. The van der Waals surface area contributed by atoms with E-state index in [1.165, 1.54) is 22.5 Å². The van der Waals surface area contributed by atoms with Gasteiger partial charge in [0.05, 0.1) is 6.21 Å². The Balaban J connectivity index is 1.75. The Kier molecular flexibility index (Phi) is 5.86. The summed E-state index contributed by atoms with van der Waals surface area (Å²) in [4.78, 5) is 0. The van der Waals surface area contributed by atoms with Crippen LogP contribution in [0.5, 0.6) is 11.5 Å². The molecule has 0 bridgehead atoms. The Bertz CT molecular complexity index is 1050. The maximum absolute atomic E-state index is 9.90. The number of benzene rings is 2. The van der Waals surface area contributed by atoms with Crippen molar-refractivity contribution in [3.63, 3.8) is 0 Å². The zero-order valence-electron chi connectivity index (χ0n) is 15.8. The number of hydrogen-bond donors (Lipinski definition) is 2. The van der Waals surface area contributed by atoms with Crippen molar-refractivity contribution in [2.75, 3.05) is 0 Å². The average molecular weight is 417 g/mol. The van der Waals surface area contributed by atoms with E-state index in [2.05, 4.69) is 36.1 Å². The van der Waals surface area contributed by atoms with Gasteiger partial charge in [0.2, 0.25) is 4.77 Å². The quantitative estimate of drug-likeness (QED) is 0.450. The number of rotatable bonds is 5. The van der Waals surface area contributed by atoms with Crippen LogP contribution < -0.4 is 4.74 Å². The van der Waals surface area contributed by atoms with Crippen LogP contribution >= 0.6 is 23.8 Å². The topological polar surface area (TPSA) is 75.4 Å². The van der Waals surface area contributed by atoms with Crippen molar-refractivity contribution >= 4 is 30.0 Å². The van der Waals surface area contributed by atoms with Crippen LogP contribution in [0.2, 0.25) is 5.02 Å². The van der Waals surface area contributed by atoms with Gasteiger partial charge in [0, 0.05) is 10.6 Å². The molecular weight excluding hydrogens is 396 g/mol. The molecular formula is C20H21ClN4O2S. The lowest BCUT2D eigenvalue weighted by molar-refractivity contribution is 0.290. The van der Waals surface area contributed by atoms with E-state index in [1.54, 1.807) is 12.1 Å². The van der Waals surface area contributed by atoms with Crippen molar-refractivity contribution in [2.45, 2.75) is 32.8 Å². The molecule has 3 aromatic rings. The lowest BCUT2D eigenvalue weighted by Crippen LogP contribution is -2.10. The highest BCUT2D eigenvalue weighted by molar-refractivity contribution is 7.71. The number of nitrogens with one attached hydrogen (secondary N) is 1. The van der Waals surface area contributed by atoms with Gasteiger partial charge in [-0.25, -0.2) is 5.10 Å². The molecule has 2 N–H and O–H groups in total. The Hall–Kier alpha value is -2.64. The van der Waals surface area contributed by atoms with E-state index < -0.39 is 0 Å². The van der Waals surface area contributed by atoms with E-state index in [0.29, 0.717) is 21.2 Å². The van der Waals surface area contributed by atoms with Gasteiger partial charge in [0.25, 0.3) is 0 Å². The lowest BCUT2D eigenvalue weighted by atomic mass is 9.87. The summed E-state index contributed by atoms with van der Waals surface area (Å²) < 4.78 is 7.58. The predicted octanol–water partition coefficient (Wildman–Crippen LogP) is 5.06. The summed E-state index contributed by atoms with van der Waals surface area (Å²) in [6.45, 7) is 6.67. The number of H-pyrrole nitrogens is 1. The first-order valence-corrected chi connectivity index (χ1v) is 9.45. The molecule has 0 saturated carbocycles. The first-order valence-electron chi connectivity index (χ1n) is 8.66. The van der Waals surface area contributed by atoms with Crippen LogP contribution in [-0.4, -0.2) is 26.2 Å². The molecule has 28 heavy (non-hydrogen) atoms. The monoisotopic (exact) mass is 416 g/mol. The molecule has 146 valence electrons. The summed E-state index contributed by atoms with van der Waals surface area (Å²) in [5.41, 5.74) is 1.79. The molecule has 0 unspecified atom stereocenters. The van der Waals surface area contributed by atoms with Crippen molar-refractivity contribution < 1.29 is 9.84 Å². The van der Waals surface area contributed by atoms with Crippen LogP contribution in [0.1, 0.15) is 37.7 Å². The number of halogens is 1. The lowest BCUT2D eigenvalue weighted by Gasteiger charge is -2.19. The van der Waals surface area contributed by atoms with Gasteiger partial charge in [-0.15, -0.1) is 0 Å². The highest BCUT2D eigenvalue weighted by Crippen LogP contribution is 2.24. The molecule has 0 aliphatic heterocycles. The van der Waals surface area contributed by atoms with Gasteiger partial charge < -0.3 is 9.84 Å². The second-order valence-electron chi connectivity index (χ2n) is 7.27. The maximum Gasteiger partial charge on any atom is 0.216 e. The Morgan fingerprint density at radius 1 is 1.25 bits per heavy atom. The zero-order valence-corrected chi connectivity index (χ0v) is 17.4. The smallest absolute Gasteiger partial charge is 0.216 e. The Morgan fingerprint density at radius 2 is 1.96 bits per heavy atom. The summed E-state index contributed by atoms with van der Waals surface area (Å²) >= 11 is 11.2. The van der Waals surface area contributed by atoms with Crippen molar-refractivity contribution in [1.82, 2.24) is 14.9 Å². The summed E-state index contributed by atoms with van der Waals surface area (Å²) in [5.74, 6) is 1.30. The second kappa shape index (κ2) is 8.16. The molecule has 1 heterocycles. The van der Waals surface area contributed by atoms with Gasteiger partial charge >= 0.3 is 0 Å². The van der Waals surface area contributed by atoms with E-state index in [9.17, 15) is 5.11 Å². The molecule has 0 amide bonds. The molecule has 0 atom stereocenters. The number of nitrogens with zero attached hydrogens (tertiary/aromatic N) is 3. The molecule has 0 spiro atoms. The largest absolute Gasteiger partial charge is 0.507 e. The van der Waals surface area contributed by atoms with Crippen LogP contribution in [0.15, 0.2) is 47.6 Å². The van der Waals surface area contributed by atoms with E-state index in [0.717, 1.165) is 5.75 Å². The Labute approximate surface area is 173 Å². The number of aromatic hydroxyl groups is 1. The van der Waals surface area contributed by atoms with Crippen LogP contribution in [0.4, 0.5) is 0 Å². The number of hydrogen-bond acceptors (Lipinski definition) is 5. The van der Waals surface area contributed by atoms with Crippen molar-refractivity contribution in [2.24, 2.45) is 5.10 Å². The molecule has 0 fully saturated rings. The standard InChI is InChI=1S/C20H21ClN4O2S/c1-20(2,3)14-4-7-16(8-5-14)27-12-18-23-24-19(28)25(18)22-11-13-10-15(21)6-9-17(13)26/h4-11,26H,12H2,1-3H3,(H,24,28)/b22-11+. The minimum absolute atomic E-state index is 0.0694. The van der Waals surface area contributed by atoms with Gasteiger partial charge in [-0.2, -0.15) is 14.9 Å². The fraction of sp³-hybridized carbons (Fsp3) is 0.250. The number of aromatic amines is 1. The van der Waals surface area contributed by atoms with E-state index in [1.807, 2.05) is 24.3 Å². The number of aromatic nitrogens is 3.